The van der Waals surface area contributed by atoms with Crippen molar-refractivity contribution >= 4 is 5.78 Å². The number of hydrogen-bond donors (Lipinski definition) is 2. The Morgan fingerprint density at radius 3 is 2.46 bits per heavy atom. The molecular weight excluding hydrogens is 176 g/mol. The van der Waals surface area contributed by atoms with Gasteiger partial charge in [-0.15, -0.1) is 0 Å². The monoisotopic (exact) mass is 190 g/mol. The molecule has 1 fully saturated rings. The fourth-order valence-electron chi connectivity index (χ4n) is 1.33. The molecule has 1 heterocycles. The largest absolute Gasteiger partial charge is 0.394 e. The second-order valence-corrected chi connectivity index (χ2v) is 3.40. The van der Waals surface area contributed by atoms with E-state index in [1.807, 2.05) is 0 Å². The van der Waals surface area contributed by atoms with Gasteiger partial charge in [0.25, 0.3) is 0 Å². The maximum atomic E-state index is 11.1. The summed E-state index contributed by atoms with van der Waals surface area (Å²) in [6.45, 7) is 2.42. The van der Waals surface area contributed by atoms with Gasteiger partial charge >= 0.3 is 0 Å². The van der Waals surface area contributed by atoms with Crippen LogP contribution in [0, 0.1) is 0 Å². The molecule has 0 bridgehead atoms. The van der Waals surface area contributed by atoms with Crippen molar-refractivity contribution in [3.05, 3.63) is 0 Å². The summed E-state index contributed by atoms with van der Waals surface area (Å²) in [5.74, 6) is -1.34. The van der Waals surface area contributed by atoms with Gasteiger partial charge in [-0.25, -0.2) is 0 Å². The van der Waals surface area contributed by atoms with Crippen LogP contribution in [0.15, 0.2) is 0 Å². The van der Waals surface area contributed by atoms with Gasteiger partial charge in [0.1, 0.15) is 18.8 Å². The van der Waals surface area contributed by atoms with Crippen LogP contribution >= 0.6 is 0 Å². The number of carbonyl (C=O) groups is 1. The Balaban J connectivity index is 2.69. The zero-order valence-electron chi connectivity index (χ0n) is 7.69. The SMILES string of the molecule is CC1(C)O[C@@H](CO)[C@@H](C(=O)CO)O1. The normalized spacial score (nSPS) is 32.0. The molecule has 2 N–H and O–H groups in total. The van der Waals surface area contributed by atoms with Crippen molar-refractivity contribution in [2.45, 2.75) is 31.8 Å². The van der Waals surface area contributed by atoms with Gasteiger partial charge in [-0.2, -0.15) is 0 Å². The van der Waals surface area contributed by atoms with Gasteiger partial charge in [0.2, 0.25) is 0 Å². The quantitative estimate of drug-likeness (QED) is 0.600. The third-order valence-corrected chi connectivity index (χ3v) is 1.84. The van der Waals surface area contributed by atoms with Crippen molar-refractivity contribution < 1.29 is 24.5 Å². The van der Waals surface area contributed by atoms with E-state index in [9.17, 15) is 4.79 Å². The smallest absolute Gasteiger partial charge is 0.189 e. The first-order chi connectivity index (χ1) is 6.00. The van der Waals surface area contributed by atoms with Gasteiger partial charge in [-0.1, -0.05) is 0 Å². The van der Waals surface area contributed by atoms with Crippen molar-refractivity contribution in [3.63, 3.8) is 0 Å². The lowest BCUT2D eigenvalue weighted by atomic mass is 10.1. The Morgan fingerprint density at radius 2 is 2.00 bits per heavy atom. The molecule has 13 heavy (non-hydrogen) atoms. The highest BCUT2D eigenvalue weighted by Crippen LogP contribution is 2.28. The average molecular weight is 190 g/mol. The molecule has 0 amide bonds. The molecule has 0 aromatic heterocycles. The molecule has 0 spiro atoms. The third-order valence-electron chi connectivity index (χ3n) is 1.84. The van der Waals surface area contributed by atoms with E-state index >= 15 is 0 Å². The minimum absolute atomic E-state index is 0.292. The van der Waals surface area contributed by atoms with Gasteiger partial charge in [0.15, 0.2) is 11.6 Å². The minimum Gasteiger partial charge on any atom is -0.394 e. The van der Waals surface area contributed by atoms with Crippen LogP contribution in [0.5, 0.6) is 0 Å². The lowest BCUT2D eigenvalue weighted by Crippen LogP contribution is -2.35. The predicted molar refractivity (Wildman–Crippen MR) is 43.0 cm³/mol. The average Bonchev–Trinajstić information content (AvgIpc) is 2.39. The molecule has 2 atom stereocenters. The molecule has 0 aliphatic carbocycles. The van der Waals surface area contributed by atoms with E-state index < -0.39 is 30.4 Å². The summed E-state index contributed by atoms with van der Waals surface area (Å²) in [6.07, 6.45) is -1.53. The zero-order chi connectivity index (χ0) is 10.1. The van der Waals surface area contributed by atoms with E-state index in [1.165, 1.54) is 0 Å². The van der Waals surface area contributed by atoms with Gasteiger partial charge in [-0.3, -0.25) is 4.79 Å². The molecule has 5 heteroatoms. The van der Waals surface area contributed by atoms with E-state index in [4.69, 9.17) is 19.7 Å². The first-order valence-corrected chi connectivity index (χ1v) is 4.10. The highest BCUT2D eigenvalue weighted by molar-refractivity contribution is 5.85. The maximum absolute atomic E-state index is 11.1. The Morgan fingerprint density at radius 1 is 1.38 bits per heavy atom. The highest BCUT2D eigenvalue weighted by atomic mass is 16.8. The Hall–Kier alpha value is -0.490. The number of carbonyl (C=O) groups excluding carboxylic acids is 1. The van der Waals surface area contributed by atoms with Crippen LogP contribution < -0.4 is 0 Å². The molecule has 0 unspecified atom stereocenters. The number of rotatable bonds is 3. The van der Waals surface area contributed by atoms with Gasteiger partial charge in [-0.05, 0) is 13.8 Å². The predicted octanol–water partition coefficient (Wildman–Crippen LogP) is -0.940. The topological polar surface area (TPSA) is 76.0 Å². The van der Waals surface area contributed by atoms with Crippen LogP contribution in [0.1, 0.15) is 13.8 Å². The van der Waals surface area contributed by atoms with E-state index in [0.717, 1.165) is 0 Å². The van der Waals surface area contributed by atoms with Crippen LogP contribution in [0.25, 0.3) is 0 Å². The number of aliphatic hydroxyl groups is 2. The molecule has 0 aromatic carbocycles. The molecule has 1 aliphatic rings. The summed E-state index contributed by atoms with van der Waals surface area (Å²) in [4.78, 5) is 11.1. The Labute approximate surface area is 76.3 Å². The van der Waals surface area contributed by atoms with Crippen molar-refractivity contribution in [1.82, 2.24) is 0 Å². The zero-order valence-corrected chi connectivity index (χ0v) is 7.69. The van der Waals surface area contributed by atoms with E-state index in [0.29, 0.717) is 0 Å². The molecule has 5 nitrogen and oxygen atoms in total. The van der Waals surface area contributed by atoms with Crippen molar-refractivity contribution in [1.29, 1.82) is 0 Å². The fraction of sp³-hybridized carbons (Fsp3) is 0.875. The number of ether oxygens (including phenoxy) is 2. The highest BCUT2D eigenvalue weighted by Gasteiger charge is 2.44. The Kier molecular flexibility index (Phi) is 3.02. The number of Topliss-reactive ketones (excluding diaryl/α,β-unsaturated/α-hetero) is 1. The number of ketones is 1. The summed E-state index contributed by atoms with van der Waals surface area (Å²) in [7, 11) is 0. The van der Waals surface area contributed by atoms with Gasteiger partial charge in [0.05, 0.1) is 6.61 Å². The second-order valence-electron chi connectivity index (χ2n) is 3.40. The molecule has 76 valence electrons. The van der Waals surface area contributed by atoms with Crippen molar-refractivity contribution in [2.75, 3.05) is 13.2 Å². The first-order valence-electron chi connectivity index (χ1n) is 4.10. The summed E-state index contributed by atoms with van der Waals surface area (Å²) < 4.78 is 10.4. The lowest BCUT2D eigenvalue weighted by molar-refractivity contribution is -0.157. The molecule has 1 saturated heterocycles. The van der Waals surface area contributed by atoms with E-state index in [2.05, 4.69) is 0 Å². The summed E-state index contributed by atoms with van der Waals surface area (Å²) in [5.41, 5.74) is 0. The number of aliphatic hydroxyl groups excluding tert-OH is 2. The summed E-state index contributed by atoms with van der Waals surface area (Å²) in [6, 6.07) is 0. The second kappa shape index (κ2) is 3.71. The fourth-order valence-corrected chi connectivity index (χ4v) is 1.33. The Bertz CT molecular complexity index is 201. The minimum atomic E-state index is -0.872. The van der Waals surface area contributed by atoms with Crippen molar-refractivity contribution in [3.8, 4) is 0 Å². The first kappa shape index (κ1) is 10.6. The van der Waals surface area contributed by atoms with Crippen LogP contribution in [0.3, 0.4) is 0 Å². The third kappa shape index (κ3) is 2.25. The van der Waals surface area contributed by atoms with Crippen LogP contribution in [0.4, 0.5) is 0 Å². The summed E-state index contributed by atoms with van der Waals surface area (Å²) in [5, 5.41) is 17.5. The molecule has 1 aliphatic heterocycles. The number of hydrogen-bond acceptors (Lipinski definition) is 5. The lowest BCUT2D eigenvalue weighted by Gasteiger charge is -2.16. The molecule has 0 aromatic rings. The molecule has 1 rings (SSSR count). The van der Waals surface area contributed by atoms with Crippen LogP contribution in [-0.4, -0.2) is 47.2 Å². The van der Waals surface area contributed by atoms with Crippen LogP contribution in [0.2, 0.25) is 0 Å². The van der Waals surface area contributed by atoms with Gasteiger partial charge in [0, 0.05) is 0 Å². The molecule has 0 saturated carbocycles. The standard InChI is InChI=1S/C8H14O5/c1-8(2)12-6(4-10)7(13-8)5(11)3-9/h6-7,9-10H,3-4H2,1-2H3/t6-,7+/m0/s1. The molecular formula is C8H14O5. The van der Waals surface area contributed by atoms with E-state index in [-0.39, 0.29) is 6.61 Å². The van der Waals surface area contributed by atoms with E-state index in [1.54, 1.807) is 13.8 Å². The van der Waals surface area contributed by atoms with Gasteiger partial charge < -0.3 is 19.7 Å². The summed E-state index contributed by atoms with van der Waals surface area (Å²) >= 11 is 0. The van der Waals surface area contributed by atoms with Crippen molar-refractivity contribution in [2.24, 2.45) is 0 Å². The maximum Gasteiger partial charge on any atom is 0.189 e. The van der Waals surface area contributed by atoms with Crippen LogP contribution in [-0.2, 0) is 14.3 Å². The molecule has 0 radical (unpaired) electrons.